The van der Waals surface area contributed by atoms with Gasteiger partial charge in [0.25, 0.3) is 0 Å². The van der Waals surface area contributed by atoms with Crippen molar-refractivity contribution in [2.24, 2.45) is 0 Å². The number of anilines is 1. The van der Waals surface area contributed by atoms with Crippen molar-refractivity contribution in [3.05, 3.63) is 23.8 Å². The van der Waals surface area contributed by atoms with Crippen LogP contribution in [0, 0.1) is 0 Å². The molecule has 5 nitrogen and oxygen atoms in total. The van der Waals surface area contributed by atoms with Gasteiger partial charge >= 0.3 is 0 Å². The van der Waals surface area contributed by atoms with E-state index in [1.54, 1.807) is 0 Å². The zero-order chi connectivity index (χ0) is 12.5. The van der Waals surface area contributed by atoms with E-state index in [9.17, 15) is 0 Å². The minimum Gasteiger partial charge on any atom is -0.486 e. The summed E-state index contributed by atoms with van der Waals surface area (Å²) in [6, 6.07) is 5.70. The number of nitrogens with two attached hydrogens (primary N) is 1. The van der Waals surface area contributed by atoms with Gasteiger partial charge in [-0.2, -0.15) is 0 Å². The summed E-state index contributed by atoms with van der Waals surface area (Å²) in [6.45, 7) is 3.17. The molecule has 2 heterocycles. The molecule has 0 radical (unpaired) electrons. The Kier molecular flexibility index (Phi) is 2.59. The molecule has 1 aliphatic rings. The summed E-state index contributed by atoms with van der Waals surface area (Å²) < 4.78 is 16.3. The van der Waals surface area contributed by atoms with Crippen LogP contribution in [0.25, 0.3) is 11.3 Å². The molecular weight excluding hydrogens is 232 g/mol. The van der Waals surface area contributed by atoms with Crippen molar-refractivity contribution in [2.45, 2.75) is 13.3 Å². The Labute approximate surface area is 104 Å². The summed E-state index contributed by atoms with van der Waals surface area (Å²) in [7, 11) is 0. The Morgan fingerprint density at radius 1 is 1.22 bits per heavy atom. The number of nitrogens with zero attached hydrogens (tertiary/aromatic N) is 1. The van der Waals surface area contributed by atoms with Gasteiger partial charge in [-0.15, -0.1) is 0 Å². The van der Waals surface area contributed by atoms with Crippen molar-refractivity contribution in [3.63, 3.8) is 0 Å². The molecule has 5 heteroatoms. The Balaban J connectivity index is 2.06. The van der Waals surface area contributed by atoms with Crippen LogP contribution in [-0.2, 0) is 6.42 Å². The van der Waals surface area contributed by atoms with E-state index >= 15 is 0 Å². The normalized spacial score (nSPS) is 13.6. The van der Waals surface area contributed by atoms with Crippen molar-refractivity contribution < 1.29 is 14.0 Å². The van der Waals surface area contributed by atoms with E-state index in [4.69, 9.17) is 19.7 Å². The van der Waals surface area contributed by atoms with Gasteiger partial charge in [0.05, 0.1) is 0 Å². The minimum atomic E-state index is 0.447. The van der Waals surface area contributed by atoms with Gasteiger partial charge in [0.2, 0.25) is 0 Å². The lowest BCUT2D eigenvalue weighted by atomic mass is 10.1. The van der Waals surface area contributed by atoms with E-state index in [1.165, 1.54) is 0 Å². The van der Waals surface area contributed by atoms with Crippen molar-refractivity contribution in [1.29, 1.82) is 0 Å². The molecule has 0 unspecified atom stereocenters. The standard InChI is InChI=1S/C13H14N2O3/c1-2-9-12(18-15-13(9)14)8-3-4-10-11(7-8)17-6-5-16-10/h3-4,7H,2,5-6H2,1H3,(H2,14,15). The third-order valence-corrected chi connectivity index (χ3v) is 2.98. The van der Waals surface area contributed by atoms with Crippen molar-refractivity contribution in [1.82, 2.24) is 5.16 Å². The number of ether oxygens (including phenoxy) is 2. The quantitative estimate of drug-likeness (QED) is 0.880. The lowest BCUT2D eigenvalue weighted by molar-refractivity contribution is 0.171. The van der Waals surface area contributed by atoms with Crippen LogP contribution >= 0.6 is 0 Å². The van der Waals surface area contributed by atoms with E-state index < -0.39 is 0 Å². The summed E-state index contributed by atoms with van der Waals surface area (Å²) in [5, 5.41) is 3.81. The van der Waals surface area contributed by atoms with Crippen LogP contribution in [0.2, 0.25) is 0 Å². The highest BCUT2D eigenvalue weighted by Crippen LogP contribution is 2.36. The number of aromatic nitrogens is 1. The van der Waals surface area contributed by atoms with Gasteiger partial charge in [-0.05, 0) is 24.6 Å². The smallest absolute Gasteiger partial charge is 0.172 e. The molecule has 2 aromatic rings. The maximum absolute atomic E-state index is 5.77. The fourth-order valence-electron chi connectivity index (χ4n) is 2.07. The Bertz CT molecular complexity index is 578. The van der Waals surface area contributed by atoms with Gasteiger partial charge in [-0.3, -0.25) is 0 Å². The fourth-order valence-corrected chi connectivity index (χ4v) is 2.07. The molecule has 1 aromatic heterocycles. The van der Waals surface area contributed by atoms with Crippen molar-refractivity contribution in [3.8, 4) is 22.8 Å². The van der Waals surface area contributed by atoms with Gasteiger partial charge in [-0.25, -0.2) is 0 Å². The highest BCUT2D eigenvalue weighted by atomic mass is 16.6. The van der Waals surface area contributed by atoms with Crippen LogP contribution in [-0.4, -0.2) is 18.4 Å². The summed E-state index contributed by atoms with van der Waals surface area (Å²) in [5.41, 5.74) is 7.59. The van der Waals surface area contributed by atoms with Crippen LogP contribution in [0.5, 0.6) is 11.5 Å². The second kappa shape index (κ2) is 4.25. The van der Waals surface area contributed by atoms with Crippen molar-refractivity contribution >= 4 is 5.82 Å². The zero-order valence-corrected chi connectivity index (χ0v) is 10.1. The molecule has 0 bridgehead atoms. The topological polar surface area (TPSA) is 70.5 Å². The second-order valence-electron chi connectivity index (χ2n) is 4.09. The molecule has 0 saturated heterocycles. The molecule has 2 N–H and O–H groups in total. The molecule has 0 saturated carbocycles. The van der Waals surface area contributed by atoms with Gasteiger partial charge in [-0.1, -0.05) is 12.1 Å². The monoisotopic (exact) mass is 246 g/mol. The SMILES string of the molecule is CCc1c(N)noc1-c1ccc2c(c1)OCCO2. The Morgan fingerprint density at radius 3 is 2.78 bits per heavy atom. The molecule has 0 fully saturated rings. The van der Waals surface area contributed by atoms with Crippen LogP contribution < -0.4 is 15.2 Å². The van der Waals surface area contributed by atoms with Crippen LogP contribution in [0.4, 0.5) is 5.82 Å². The van der Waals surface area contributed by atoms with Crippen LogP contribution in [0.3, 0.4) is 0 Å². The number of nitrogen functional groups attached to an aromatic ring is 1. The van der Waals surface area contributed by atoms with E-state index in [2.05, 4.69) is 5.16 Å². The number of rotatable bonds is 2. The Morgan fingerprint density at radius 2 is 2.00 bits per heavy atom. The molecule has 0 atom stereocenters. The molecule has 3 rings (SSSR count). The zero-order valence-electron chi connectivity index (χ0n) is 10.1. The molecular formula is C13H14N2O3. The van der Waals surface area contributed by atoms with Crippen molar-refractivity contribution in [2.75, 3.05) is 18.9 Å². The molecule has 1 aromatic carbocycles. The predicted molar refractivity (Wildman–Crippen MR) is 66.7 cm³/mol. The van der Waals surface area contributed by atoms with E-state index in [-0.39, 0.29) is 0 Å². The number of hydrogen-bond donors (Lipinski definition) is 1. The molecule has 18 heavy (non-hydrogen) atoms. The average molecular weight is 246 g/mol. The van der Waals surface area contributed by atoms with Gasteiger partial charge in [0.15, 0.2) is 23.1 Å². The summed E-state index contributed by atoms with van der Waals surface area (Å²) in [6.07, 6.45) is 0.777. The highest BCUT2D eigenvalue weighted by Gasteiger charge is 2.18. The molecule has 1 aliphatic heterocycles. The first-order chi connectivity index (χ1) is 8.79. The fraction of sp³-hybridized carbons (Fsp3) is 0.308. The molecule has 0 aliphatic carbocycles. The lowest BCUT2D eigenvalue weighted by Crippen LogP contribution is -2.15. The predicted octanol–water partition coefficient (Wildman–Crippen LogP) is 2.26. The van der Waals surface area contributed by atoms with Crippen LogP contribution in [0.1, 0.15) is 12.5 Å². The van der Waals surface area contributed by atoms with Gasteiger partial charge in [0.1, 0.15) is 13.2 Å². The molecule has 0 amide bonds. The number of benzene rings is 1. The van der Waals surface area contributed by atoms with E-state index in [0.29, 0.717) is 24.8 Å². The van der Waals surface area contributed by atoms with E-state index in [0.717, 1.165) is 29.0 Å². The number of fused-ring (bicyclic) bond motifs is 1. The summed E-state index contributed by atoms with van der Waals surface area (Å²) >= 11 is 0. The maximum Gasteiger partial charge on any atom is 0.172 e. The van der Waals surface area contributed by atoms with Gasteiger partial charge < -0.3 is 19.7 Å². The summed E-state index contributed by atoms with van der Waals surface area (Å²) in [4.78, 5) is 0. The van der Waals surface area contributed by atoms with E-state index in [1.807, 2.05) is 25.1 Å². The third-order valence-electron chi connectivity index (χ3n) is 2.98. The average Bonchev–Trinajstić information content (AvgIpc) is 2.79. The minimum absolute atomic E-state index is 0.447. The third kappa shape index (κ3) is 1.68. The first kappa shape index (κ1) is 11.0. The van der Waals surface area contributed by atoms with Crippen LogP contribution in [0.15, 0.2) is 22.7 Å². The Hall–Kier alpha value is -2.17. The molecule has 0 spiro atoms. The first-order valence-electron chi connectivity index (χ1n) is 5.93. The largest absolute Gasteiger partial charge is 0.486 e. The summed E-state index contributed by atoms with van der Waals surface area (Å²) in [5.74, 6) is 2.64. The number of hydrogen-bond acceptors (Lipinski definition) is 5. The first-order valence-corrected chi connectivity index (χ1v) is 5.93. The van der Waals surface area contributed by atoms with Gasteiger partial charge in [0, 0.05) is 11.1 Å². The molecule has 94 valence electrons. The lowest BCUT2D eigenvalue weighted by Gasteiger charge is -2.18. The highest BCUT2D eigenvalue weighted by molar-refractivity contribution is 5.69. The second-order valence-corrected chi connectivity index (χ2v) is 4.09. The maximum atomic E-state index is 5.77.